The first-order valence-corrected chi connectivity index (χ1v) is 10.4. The topological polar surface area (TPSA) is 98.0 Å². The highest BCUT2D eigenvalue weighted by Crippen LogP contribution is 2.39. The van der Waals surface area contributed by atoms with Crippen LogP contribution in [-0.2, 0) is 22.9 Å². The van der Waals surface area contributed by atoms with E-state index in [2.05, 4.69) is 15.3 Å². The molecule has 1 aliphatic rings. The van der Waals surface area contributed by atoms with E-state index in [4.69, 9.17) is 5.14 Å². The predicted molar refractivity (Wildman–Crippen MR) is 99.3 cm³/mol. The van der Waals surface area contributed by atoms with Gasteiger partial charge in [-0.05, 0) is 49.4 Å². The van der Waals surface area contributed by atoms with Crippen molar-refractivity contribution in [3.63, 3.8) is 0 Å². The molecule has 2 heterocycles. The van der Waals surface area contributed by atoms with E-state index in [9.17, 15) is 8.42 Å². The number of benzene rings is 1. The third-order valence-corrected chi connectivity index (χ3v) is 6.69. The largest absolute Gasteiger partial charge is 0.363 e. The molecule has 0 radical (unpaired) electrons. The highest BCUT2D eigenvalue weighted by Gasteiger charge is 2.22. The van der Waals surface area contributed by atoms with Gasteiger partial charge in [-0.25, -0.2) is 23.5 Å². The fourth-order valence-electron chi connectivity index (χ4n) is 3.27. The number of fused-ring (bicyclic) bond motifs is 3. The first-order chi connectivity index (χ1) is 11.9. The van der Waals surface area contributed by atoms with Crippen LogP contribution in [0.1, 0.15) is 35.4 Å². The summed E-state index contributed by atoms with van der Waals surface area (Å²) in [5.74, 6) is 0.840. The summed E-state index contributed by atoms with van der Waals surface area (Å²) in [6.45, 7) is 2.02. The number of aromatic nitrogens is 2. The maximum Gasteiger partial charge on any atom is 0.238 e. The third-order valence-electron chi connectivity index (χ3n) is 4.56. The maximum absolute atomic E-state index is 11.4. The van der Waals surface area contributed by atoms with E-state index in [1.54, 1.807) is 29.8 Å². The fraction of sp³-hybridized carbons (Fsp3) is 0.294. The summed E-state index contributed by atoms with van der Waals surface area (Å²) in [5, 5.41) is 9.73. The van der Waals surface area contributed by atoms with Gasteiger partial charge < -0.3 is 5.32 Å². The summed E-state index contributed by atoms with van der Waals surface area (Å²) in [6.07, 6.45) is 4.98. The zero-order valence-corrected chi connectivity index (χ0v) is 15.3. The quantitative estimate of drug-likeness (QED) is 0.731. The Morgan fingerprint density at radius 2 is 1.96 bits per heavy atom. The molecule has 1 atom stereocenters. The van der Waals surface area contributed by atoms with Gasteiger partial charge in [0.2, 0.25) is 10.0 Å². The van der Waals surface area contributed by atoms with E-state index in [1.165, 1.54) is 29.0 Å². The molecule has 6 nitrogen and oxygen atoms in total. The number of sulfonamides is 1. The number of aryl methyl sites for hydroxylation is 2. The van der Waals surface area contributed by atoms with Gasteiger partial charge in [0.25, 0.3) is 0 Å². The van der Waals surface area contributed by atoms with Crippen molar-refractivity contribution in [2.45, 2.75) is 37.1 Å². The van der Waals surface area contributed by atoms with Crippen molar-refractivity contribution in [2.75, 3.05) is 5.32 Å². The molecule has 1 aliphatic carbocycles. The van der Waals surface area contributed by atoms with Crippen LogP contribution in [0.4, 0.5) is 5.82 Å². The van der Waals surface area contributed by atoms with Crippen LogP contribution < -0.4 is 10.5 Å². The van der Waals surface area contributed by atoms with Gasteiger partial charge in [-0.15, -0.1) is 11.3 Å². The number of hydrogen-bond acceptors (Lipinski definition) is 6. The number of nitrogens with one attached hydrogen (secondary N) is 1. The summed E-state index contributed by atoms with van der Waals surface area (Å²) in [4.78, 5) is 11.4. The predicted octanol–water partition coefficient (Wildman–Crippen LogP) is 3.00. The van der Waals surface area contributed by atoms with Gasteiger partial charge in [-0.3, -0.25) is 0 Å². The van der Waals surface area contributed by atoms with Crippen LogP contribution in [0.5, 0.6) is 0 Å². The lowest BCUT2D eigenvalue weighted by Gasteiger charge is -2.16. The molecule has 3 N–H and O–H groups in total. The number of thiophene rings is 1. The van der Waals surface area contributed by atoms with Crippen molar-refractivity contribution in [1.29, 1.82) is 0 Å². The van der Waals surface area contributed by atoms with Gasteiger partial charge in [0.1, 0.15) is 17.0 Å². The van der Waals surface area contributed by atoms with Crippen molar-refractivity contribution in [3.05, 3.63) is 46.6 Å². The smallest absolute Gasteiger partial charge is 0.238 e. The average molecular weight is 374 g/mol. The minimum absolute atomic E-state index is 0.0235. The molecule has 25 heavy (non-hydrogen) atoms. The van der Waals surface area contributed by atoms with Crippen molar-refractivity contribution >= 4 is 37.4 Å². The van der Waals surface area contributed by atoms with Crippen molar-refractivity contribution in [3.8, 4) is 0 Å². The van der Waals surface area contributed by atoms with E-state index in [0.717, 1.165) is 34.4 Å². The molecule has 4 rings (SSSR count). The van der Waals surface area contributed by atoms with Gasteiger partial charge in [-0.1, -0.05) is 12.1 Å². The Hall–Kier alpha value is -2.03. The van der Waals surface area contributed by atoms with E-state index in [0.29, 0.717) is 0 Å². The van der Waals surface area contributed by atoms with Gasteiger partial charge in [0, 0.05) is 10.9 Å². The molecule has 0 amide bonds. The van der Waals surface area contributed by atoms with Crippen LogP contribution in [0.15, 0.2) is 35.5 Å². The lowest BCUT2D eigenvalue weighted by molar-refractivity contribution is 0.597. The second kappa shape index (κ2) is 6.05. The Morgan fingerprint density at radius 3 is 2.68 bits per heavy atom. The number of hydrogen-bond donors (Lipinski definition) is 2. The molecule has 8 heteroatoms. The normalized spacial score (nSPS) is 15.3. The van der Waals surface area contributed by atoms with Crippen LogP contribution in [0.3, 0.4) is 0 Å². The molecule has 3 aromatic rings. The van der Waals surface area contributed by atoms with Crippen LogP contribution in [0, 0.1) is 0 Å². The molecule has 0 spiro atoms. The Balaban J connectivity index is 1.65. The number of anilines is 1. The second-order valence-electron chi connectivity index (χ2n) is 6.24. The number of primary sulfonamides is 1. The molecular formula is C17H18N4O2S2. The van der Waals surface area contributed by atoms with Crippen LogP contribution in [0.2, 0.25) is 0 Å². The van der Waals surface area contributed by atoms with Gasteiger partial charge in [-0.2, -0.15) is 0 Å². The van der Waals surface area contributed by atoms with E-state index in [1.807, 2.05) is 6.92 Å². The molecule has 130 valence electrons. The highest BCUT2D eigenvalue weighted by atomic mass is 32.2. The number of nitrogens with two attached hydrogens (primary N) is 1. The first-order valence-electron chi connectivity index (χ1n) is 8.08. The Morgan fingerprint density at radius 1 is 1.20 bits per heavy atom. The zero-order chi connectivity index (χ0) is 17.6. The number of nitrogens with zero attached hydrogens (tertiary/aromatic N) is 2. The standard InChI is InChI=1S/C17H18N4O2S2/c1-10(11-5-7-12(8-6-11)25(18,22)23)21-16-15-13-3-2-4-14(13)24-17(15)20-9-19-16/h5-10H,2-4H2,1H3,(H2,18,22,23)(H,19,20,21). The molecule has 1 aromatic carbocycles. The molecule has 0 bridgehead atoms. The number of rotatable bonds is 4. The molecular weight excluding hydrogens is 356 g/mol. The van der Waals surface area contributed by atoms with Gasteiger partial charge >= 0.3 is 0 Å². The SMILES string of the molecule is CC(Nc1ncnc2sc3c(c12)CCC3)c1ccc(S(N)(=O)=O)cc1. The lowest BCUT2D eigenvalue weighted by atomic mass is 10.1. The minimum atomic E-state index is -3.67. The average Bonchev–Trinajstić information content (AvgIpc) is 3.15. The molecule has 0 aliphatic heterocycles. The van der Waals surface area contributed by atoms with Crippen LogP contribution in [0.25, 0.3) is 10.2 Å². The summed E-state index contributed by atoms with van der Waals surface area (Å²) in [6, 6.07) is 6.58. The molecule has 0 saturated heterocycles. The minimum Gasteiger partial charge on any atom is -0.363 e. The summed E-state index contributed by atoms with van der Waals surface area (Å²) >= 11 is 1.76. The van der Waals surface area contributed by atoms with Gasteiger partial charge in [0.05, 0.1) is 10.3 Å². The van der Waals surface area contributed by atoms with E-state index < -0.39 is 10.0 Å². The Labute approximate surface area is 150 Å². The molecule has 0 saturated carbocycles. The van der Waals surface area contributed by atoms with Crippen LogP contribution >= 0.6 is 11.3 Å². The molecule has 1 unspecified atom stereocenters. The zero-order valence-electron chi connectivity index (χ0n) is 13.7. The second-order valence-corrected chi connectivity index (χ2v) is 8.88. The summed E-state index contributed by atoms with van der Waals surface area (Å²) < 4.78 is 22.8. The van der Waals surface area contributed by atoms with Gasteiger partial charge in [0.15, 0.2) is 0 Å². The lowest BCUT2D eigenvalue weighted by Crippen LogP contribution is -2.13. The fourth-order valence-corrected chi connectivity index (χ4v) is 5.02. The van der Waals surface area contributed by atoms with Crippen LogP contribution in [-0.4, -0.2) is 18.4 Å². The third kappa shape index (κ3) is 3.01. The first kappa shape index (κ1) is 16.4. The Kier molecular flexibility index (Phi) is 3.98. The molecule has 2 aromatic heterocycles. The summed E-state index contributed by atoms with van der Waals surface area (Å²) in [5.41, 5.74) is 2.34. The van der Waals surface area contributed by atoms with Crippen molar-refractivity contribution < 1.29 is 8.42 Å². The maximum atomic E-state index is 11.4. The van der Waals surface area contributed by atoms with E-state index in [-0.39, 0.29) is 10.9 Å². The monoisotopic (exact) mass is 374 g/mol. The van der Waals surface area contributed by atoms with Crippen molar-refractivity contribution in [1.82, 2.24) is 9.97 Å². The highest BCUT2D eigenvalue weighted by molar-refractivity contribution is 7.89. The van der Waals surface area contributed by atoms with E-state index >= 15 is 0 Å². The molecule has 0 fully saturated rings. The Bertz CT molecular complexity index is 1040. The van der Waals surface area contributed by atoms with Crippen molar-refractivity contribution in [2.24, 2.45) is 5.14 Å². The summed E-state index contributed by atoms with van der Waals surface area (Å²) in [7, 11) is -3.67.